The molecule has 1 N–H and O–H groups in total. The van der Waals surface area contributed by atoms with Crippen LogP contribution in [0.1, 0.15) is 34.1 Å². The van der Waals surface area contributed by atoms with Crippen LogP contribution in [-0.2, 0) is 9.59 Å². The predicted octanol–water partition coefficient (Wildman–Crippen LogP) is 1.40. The van der Waals surface area contributed by atoms with Crippen LogP contribution in [0.15, 0.2) is 0 Å². The van der Waals surface area contributed by atoms with E-state index in [2.05, 4.69) is 5.32 Å². The number of hydrogen-bond donors (Lipinski definition) is 1. The molecule has 6 heteroatoms. The third kappa shape index (κ3) is 3.40. The number of nitrogens with one attached hydrogen (secondary N) is 1. The SMILES string of the molecule is CC1CC(=O)NC(C(C)(C)C)C(=O)N1CC(F)F. The van der Waals surface area contributed by atoms with Crippen molar-refractivity contribution >= 4 is 11.8 Å². The molecule has 0 aromatic heterocycles. The minimum Gasteiger partial charge on any atom is -0.344 e. The number of carbonyl (C=O) groups excluding carboxylic acids is 2. The van der Waals surface area contributed by atoms with E-state index < -0.39 is 36.4 Å². The minimum absolute atomic E-state index is 0.0606. The third-order valence-corrected chi connectivity index (χ3v) is 3.05. The van der Waals surface area contributed by atoms with Gasteiger partial charge in [0.05, 0.1) is 6.54 Å². The average Bonchev–Trinajstić information content (AvgIpc) is 2.27. The molecule has 0 aromatic carbocycles. The van der Waals surface area contributed by atoms with Crippen molar-refractivity contribution in [2.75, 3.05) is 6.54 Å². The summed E-state index contributed by atoms with van der Waals surface area (Å²) in [6.45, 7) is 6.39. The summed E-state index contributed by atoms with van der Waals surface area (Å²) in [7, 11) is 0. The van der Waals surface area contributed by atoms with Gasteiger partial charge in [-0.2, -0.15) is 0 Å². The van der Waals surface area contributed by atoms with E-state index in [-0.39, 0.29) is 12.3 Å². The highest BCUT2D eigenvalue weighted by Gasteiger charge is 2.40. The zero-order chi connectivity index (χ0) is 14.1. The zero-order valence-corrected chi connectivity index (χ0v) is 11.2. The second-order valence-corrected chi connectivity index (χ2v) is 5.80. The summed E-state index contributed by atoms with van der Waals surface area (Å²) in [5.41, 5.74) is -0.503. The lowest BCUT2D eigenvalue weighted by molar-refractivity contribution is -0.139. The van der Waals surface area contributed by atoms with E-state index in [1.807, 2.05) is 0 Å². The van der Waals surface area contributed by atoms with Crippen molar-refractivity contribution in [2.24, 2.45) is 5.41 Å². The number of rotatable bonds is 2. The predicted molar refractivity (Wildman–Crippen MR) is 63.2 cm³/mol. The van der Waals surface area contributed by atoms with E-state index in [4.69, 9.17) is 0 Å². The van der Waals surface area contributed by atoms with Gasteiger partial charge in [0.2, 0.25) is 11.8 Å². The number of carbonyl (C=O) groups is 2. The molecule has 0 spiro atoms. The first kappa shape index (κ1) is 14.9. The molecule has 1 rings (SSSR count). The van der Waals surface area contributed by atoms with Crippen molar-refractivity contribution in [1.29, 1.82) is 0 Å². The Morgan fingerprint density at radius 3 is 2.39 bits per heavy atom. The van der Waals surface area contributed by atoms with E-state index in [9.17, 15) is 18.4 Å². The maximum Gasteiger partial charge on any atom is 0.255 e. The second kappa shape index (κ2) is 5.20. The normalized spacial score (nSPS) is 26.3. The lowest BCUT2D eigenvalue weighted by Gasteiger charge is -2.33. The van der Waals surface area contributed by atoms with Gasteiger partial charge in [0.15, 0.2) is 0 Å². The largest absolute Gasteiger partial charge is 0.344 e. The standard InChI is InChI=1S/C12H20F2N2O2/c1-7-5-9(17)15-10(12(2,3)4)11(18)16(7)6-8(13)14/h7-8,10H,5-6H2,1-4H3,(H,15,17). The van der Waals surface area contributed by atoms with Gasteiger partial charge in [0.25, 0.3) is 6.43 Å². The van der Waals surface area contributed by atoms with E-state index in [0.717, 1.165) is 4.90 Å². The summed E-state index contributed by atoms with van der Waals surface area (Å²) in [5.74, 6) is -0.700. The average molecular weight is 262 g/mol. The Hall–Kier alpha value is -1.20. The highest BCUT2D eigenvalue weighted by Crippen LogP contribution is 2.25. The Morgan fingerprint density at radius 2 is 1.94 bits per heavy atom. The number of halogens is 2. The number of nitrogens with zero attached hydrogens (tertiary/aromatic N) is 1. The first-order valence-corrected chi connectivity index (χ1v) is 6.01. The maximum atomic E-state index is 12.5. The lowest BCUT2D eigenvalue weighted by Crippen LogP contribution is -2.53. The summed E-state index contributed by atoms with van der Waals surface area (Å²) in [6, 6.07) is -1.26. The van der Waals surface area contributed by atoms with Crippen LogP contribution in [0.2, 0.25) is 0 Å². The first-order chi connectivity index (χ1) is 8.12. The van der Waals surface area contributed by atoms with Crippen LogP contribution in [-0.4, -0.2) is 41.8 Å². The summed E-state index contributed by atoms with van der Waals surface area (Å²) in [6.07, 6.45) is -2.53. The summed E-state index contributed by atoms with van der Waals surface area (Å²) in [4.78, 5) is 25.0. The Bertz CT molecular complexity index is 339. The van der Waals surface area contributed by atoms with Crippen LogP contribution in [0.5, 0.6) is 0 Å². The van der Waals surface area contributed by atoms with Gasteiger partial charge in [-0.25, -0.2) is 8.78 Å². The van der Waals surface area contributed by atoms with Crippen LogP contribution < -0.4 is 5.32 Å². The smallest absolute Gasteiger partial charge is 0.255 e. The van der Waals surface area contributed by atoms with Crippen LogP contribution in [0.25, 0.3) is 0 Å². The molecule has 1 heterocycles. The first-order valence-electron chi connectivity index (χ1n) is 6.01. The molecule has 0 radical (unpaired) electrons. The summed E-state index contributed by atoms with van der Waals surface area (Å²) in [5, 5.41) is 2.63. The van der Waals surface area contributed by atoms with Gasteiger partial charge in [-0.15, -0.1) is 0 Å². The van der Waals surface area contributed by atoms with E-state index in [0.29, 0.717) is 0 Å². The molecule has 1 aliphatic heterocycles. The van der Waals surface area contributed by atoms with Gasteiger partial charge in [-0.05, 0) is 12.3 Å². The molecular formula is C12H20F2N2O2. The fourth-order valence-electron chi connectivity index (χ4n) is 2.05. The van der Waals surface area contributed by atoms with Crippen molar-refractivity contribution in [3.63, 3.8) is 0 Å². The van der Waals surface area contributed by atoms with Gasteiger partial charge in [-0.3, -0.25) is 9.59 Å². The molecule has 1 fully saturated rings. The monoisotopic (exact) mass is 262 g/mol. The highest BCUT2D eigenvalue weighted by molar-refractivity contribution is 5.91. The molecule has 0 saturated carbocycles. The highest BCUT2D eigenvalue weighted by atomic mass is 19.3. The molecule has 2 amide bonds. The van der Waals surface area contributed by atoms with Crippen LogP contribution in [0, 0.1) is 5.41 Å². The van der Waals surface area contributed by atoms with Crippen molar-refractivity contribution in [3.05, 3.63) is 0 Å². The number of hydrogen-bond acceptors (Lipinski definition) is 2. The fourth-order valence-corrected chi connectivity index (χ4v) is 2.05. The van der Waals surface area contributed by atoms with Gasteiger partial charge in [0.1, 0.15) is 6.04 Å². The van der Waals surface area contributed by atoms with Crippen molar-refractivity contribution in [3.8, 4) is 0 Å². The summed E-state index contributed by atoms with van der Waals surface area (Å²) >= 11 is 0. The van der Waals surface area contributed by atoms with Crippen molar-refractivity contribution < 1.29 is 18.4 Å². The molecule has 1 aliphatic rings. The third-order valence-electron chi connectivity index (χ3n) is 3.05. The van der Waals surface area contributed by atoms with Gasteiger partial charge < -0.3 is 10.2 Å². The van der Waals surface area contributed by atoms with Gasteiger partial charge in [-0.1, -0.05) is 20.8 Å². The Kier molecular flexibility index (Phi) is 4.29. The van der Waals surface area contributed by atoms with Crippen LogP contribution in [0.4, 0.5) is 8.78 Å². The Morgan fingerprint density at radius 1 is 1.39 bits per heavy atom. The van der Waals surface area contributed by atoms with Crippen molar-refractivity contribution in [1.82, 2.24) is 10.2 Å². The molecule has 0 aliphatic carbocycles. The van der Waals surface area contributed by atoms with Crippen LogP contribution in [0.3, 0.4) is 0 Å². The van der Waals surface area contributed by atoms with E-state index in [1.165, 1.54) is 0 Å². The van der Waals surface area contributed by atoms with E-state index >= 15 is 0 Å². The van der Waals surface area contributed by atoms with E-state index in [1.54, 1.807) is 27.7 Å². The molecule has 4 nitrogen and oxygen atoms in total. The molecule has 1 saturated heterocycles. The molecule has 18 heavy (non-hydrogen) atoms. The van der Waals surface area contributed by atoms with Crippen molar-refractivity contribution in [2.45, 2.75) is 52.6 Å². The molecule has 2 unspecified atom stereocenters. The van der Waals surface area contributed by atoms with Gasteiger partial charge in [0, 0.05) is 12.5 Å². The molecule has 0 aromatic rings. The second-order valence-electron chi connectivity index (χ2n) is 5.80. The minimum atomic E-state index is -2.59. The molecule has 0 bridgehead atoms. The Balaban J connectivity index is 3.02. The summed E-state index contributed by atoms with van der Waals surface area (Å²) < 4.78 is 25.0. The molecule has 104 valence electrons. The molecule has 2 atom stereocenters. The number of amides is 2. The lowest BCUT2D eigenvalue weighted by atomic mass is 9.86. The Labute approximate surface area is 106 Å². The number of alkyl halides is 2. The maximum absolute atomic E-state index is 12.5. The van der Waals surface area contributed by atoms with Gasteiger partial charge >= 0.3 is 0 Å². The molecular weight excluding hydrogens is 242 g/mol. The fraction of sp³-hybridized carbons (Fsp3) is 0.833. The quantitative estimate of drug-likeness (QED) is 0.818. The zero-order valence-electron chi connectivity index (χ0n) is 11.2. The van der Waals surface area contributed by atoms with Crippen LogP contribution >= 0.6 is 0 Å². The topological polar surface area (TPSA) is 49.4 Å².